The fourth-order valence-corrected chi connectivity index (χ4v) is 2.20. The third kappa shape index (κ3) is 4.37. The summed E-state index contributed by atoms with van der Waals surface area (Å²) in [6, 6.07) is 12.2. The van der Waals surface area contributed by atoms with Gasteiger partial charge in [-0.05, 0) is 30.3 Å². The van der Waals surface area contributed by atoms with Gasteiger partial charge < -0.3 is 15.2 Å². The molecule has 0 radical (unpaired) electrons. The van der Waals surface area contributed by atoms with Gasteiger partial charge in [0.15, 0.2) is 0 Å². The lowest BCUT2D eigenvalue weighted by Gasteiger charge is -2.09. The number of anilines is 1. The number of esters is 1. The summed E-state index contributed by atoms with van der Waals surface area (Å²) in [7, 11) is 0. The molecule has 0 aliphatic heterocycles. The van der Waals surface area contributed by atoms with Gasteiger partial charge >= 0.3 is 5.97 Å². The number of nitrogen functional groups attached to an aromatic ring is 1. The highest BCUT2D eigenvalue weighted by molar-refractivity contribution is 9.10. The Bertz CT molecular complexity index is 649. The van der Waals surface area contributed by atoms with Crippen LogP contribution >= 0.6 is 27.5 Å². The maximum Gasteiger partial charge on any atom is 0.340 e. The summed E-state index contributed by atoms with van der Waals surface area (Å²) in [5, 5.41) is 0.329. The molecule has 0 bridgehead atoms. The largest absolute Gasteiger partial charge is 0.490 e. The van der Waals surface area contributed by atoms with Crippen molar-refractivity contribution in [3.8, 4) is 5.75 Å². The first-order valence-corrected chi connectivity index (χ1v) is 7.34. The summed E-state index contributed by atoms with van der Waals surface area (Å²) >= 11 is 9.20. The molecule has 21 heavy (non-hydrogen) atoms. The van der Waals surface area contributed by atoms with Crippen LogP contribution in [0.5, 0.6) is 5.75 Å². The van der Waals surface area contributed by atoms with Crippen molar-refractivity contribution >= 4 is 39.2 Å². The summed E-state index contributed by atoms with van der Waals surface area (Å²) in [5.41, 5.74) is 6.20. The van der Waals surface area contributed by atoms with Crippen LogP contribution in [0.4, 0.5) is 5.69 Å². The number of nitrogens with two attached hydrogens (primary N) is 1. The molecular weight excluding hydrogens is 358 g/mol. The zero-order valence-electron chi connectivity index (χ0n) is 11.0. The first-order chi connectivity index (χ1) is 10.1. The number of rotatable bonds is 5. The summed E-state index contributed by atoms with van der Waals surface area (Å²) in [6.45, 7) is 0.375. The lowest BCUT2D eigenvalue weighted by atomic mass is 10.2. The lowest BCUT2D eigenvalue weighted by Crippen LogP contribution is -2.13. The number of carbonyl (C=O) groups is 1. The highest BCUT2D eigenvalue weighted by Crippen LogP contribution is 2.23. The van der Waals surface area contributed by atoms with E-state index < -0.39 is 5.97 Å². The van der Waals surface area contributed by atoms with E-state index in [1.54, 1.807) is 18.2 Å². The Kier molecular flexibility index (Phi) is 5.47. The van der Waals surface area contributed by atoms with E-state index in [0.717, 1.165) is 4.47 Å². The Hall–Kier alpha value is -1.72. The van der Waals surface area contributed by atoms with Gasteiger partial charge in [-0.3, -0.25) is 0 Å². The van der Waals surface area contributed by atoms with Crippen LogP contribution in [-0.4, -0.2) is 19.2 Å². The number of ether oxygens (including phenoxy) is 2. The summed E-state index contributed by atoms with van der Waals surface area (Å²) in [4.78, 5) is 11.9. The number of para-hydroxylation sites is 1. The summed E-state index contributed by atoms with van der Waals surface area (Å²) in [5.74, 6) is 0.176. The van der Waals surface area contributed by atoms with Crippen molar-refractivity contribution < 1.29 is 14.3 Å². The SMILES string of the molecule is Nc1c(Cl)cccc1C(=O)OCCOc1cccc(Br)c1. The number of hydrogen-bond acceptors (Lipinski definition) is 4. The molecule has 4 nitrogen and oxygen atoms in total. The zero-order valence-corrected chi connectivity index (χ0v) is 13.4. The molecule has 0 amide bonds. The predicted octanol–water partition coefficient (Wildman–Crippen LogP) is 3.92. The lowest BCUT2D eigenvalue weighted by molar-refractivity contribution is 0.0451. The van der Waals surface area contributed by atoms with Crippen LogP contribution in [0.25, 0.3) is 0 Å². The summed E-state index contributed by atoms with van der Waals surface area (Å²) < 4.78 is 11.5. The maximum absolute atomic E-state index is 11.9. The van der Waals surface area contributed by atoms with Crippen LogP contribution in [-0.2, 0) is 4.74 Å². The standard InChI is InChI=1S/C15H13BrClNO3/c16-10-3-1-4-11(9-10)20-7-8-21-15(19)12-5-2-6-13(17)14(12)18/h1-6,9H,7-8,18H2. The van der Waals surface area contributed by atoms with Gasteiger partial charge in [0.25, 0.3) is 0 Å². The van der Waals surface area contributed by atoms with E-state index in [2.05, 4.69) is 15.9 Å². The van der Waals surface area contributed by atoms with E-state index >= 15 is 0 Å². The molecule has 2 aromatic carbocycles. The summed E-state index contributed by atoms with van der Waals surface area (Å²) in [6.07, 6.45) is 0. The van der Waals surface area contributed by atoms with E-state index in [1.165, 1.54) is 0 Å². The molecule has 0 aliphatic carbocycles. The second-order valence-corrected chi connectivity index (χ2v) is 5.47. The van der Waals surface area contributed by atoms with Gasteiger partial charge in [0, 0.05) is 4.47 Å². The monoisotopic (exact) mass is 369 g/mol. The van der Waals surface area contributed by atoms with Crippen LogP contribution in [0.1, 0.15) is 10.4 Å². The Labute approximate surface area is 135 Å². The van der Waals surface area contributed by atoms with E-state index in [0.29, 0.717) is 10.8 Å². The Morgan fingerprint density at radius 2 is 1.95 bits per heavy atom. The Morgan fingerprint density at radius 1 is 1.19 bits per heavy atom. The van der Waals surface area contributed by atoms with Crippen LogP contribution in [0.3, 0.4) is 0 Å². The topological polar surface area (TPSA) is 61.6 Å². The van der Waals surface area contributed by atoms with Crippen LogP contribution < -0.4 is 10.5 Å². The number of halogens is 2. The molecule has 0 heterocycles. The fourth-order valence-electron chi connectivity index (χ4n) is 1.64. The fraction of sp³-hybridized carbons (Fsp3) is 0.133. The van der Waals surface area contributed by atoms with E-state index in [-0.39, 0.29) is 24.5 Å². The van der Waals surface area contributed by atoms with Crippen molar-refractivity contribution in [3.05, 3.63) is 57.5 Å². The highest BCUT2D eigenvalue weighted by Gasteiger charge is 2.12. The maximum atomic E-state index is 11.9. The molecule has 0 fully saturated rings. The minimum atomic E-state index is -0.521. The van der Waals surface area contributed by atoms with E-state index in [1.807, 2.05) is 24.3 Å². The minimum absolute atomic E-state index is 0.122. The number of benzene rings is 2. The second kappa shape index (κ2) is 7.33. The van der Waals surface area contributed by atoms with Gasteiger partial charge in [-0.2, -0.15) is 0 Å². The third-order valence-electron chi connectivity index (χ3n) is 2.65. The molecule has 110 valence electrons. The van der Waals surface area contributed by atoms with Gasteiger partial charge in [-0.25, -0.2) is 4.79 Å². The quantitative estimate of drug-likeness (QED) is 0.492. The van der Waals surface area contributed by atoms with Crippen molar-refractivity contribution in [1.29, 1.82) is 0 Å². The molecule has 0 aliphatic rings. The molecular formula is C15H13BrClNO3. The normalized spacial score (nSPS) is 10.2. The average molecular weight is 371 g/mol. The van der Waals surface area contributed by atoms with Crippen molar-refractivity contribution in [3.63, 3.8) is 0 Å². The number of hydrogen-bond donors (Lipinski definition) is 1. The Balaban J connectivity index is 1.83. The first kappa shape index (κ1) is 15.7. The van der Waals surface area contributed by atoms with Crippen molar-refractivity contribution in [2.75, 3.05) is 18.9 Å². The van der Waals surface area contributed by atoms with Gasteiger partial charge in [-0.15, -0.1) is 0 Å². The molecule has 0 saturated carbocycles. The van der Waals surface area contributed by atoms with Crippen LogP contribution in [0.2, 0.25) is 5.02 Å². The molecule has 2 aromatic rings. The smallest absolute Gasteiger partial charge is 0.340 e. The Morgan fingerprint density at radius 3 is 2.71 bits per heavy atom. The first-order valence-electron chi connectivity index (χ1n) is 6.17. The molecule has 0 spiro atoms. The van der Waals surface area contributed by atoms with Gasteiger partial charge in [0.05, 0.1) is 16.3 Å². The molecule has 0 atom stereocenters. The average Bonchev–Trinajstić information content (AvgIpc) is 2.46. The van der Waals surface area contributed by atoms with Gasteiger partial charge in [0.2, 0.25) is 0 Å². The van der Waals surface area contributed by atoms with Gasteiger partial charge in [-0.1, -0.05) is 39.7 Å². The number of carbonyl (C=O) groups excluding carboxylic acids is 1. The van der Waals surface area contributed by atoms with E-state index in [4.69, 9.17) is 26.8 Å². The van der Waals surface area contributed by atoms with Crippen molar-refractivity contribution in [1.82, 2.24) is 0 Å². The van der Waals surface area contributed by atoms with Gasteiger partial charge in [0.1, 0.15) is 19.0 Å². The molecule has 0 unspecified atom stereocenters. The van der Waals surface area contributed by atoms with Crippen molar-refractivity contribution in [2.45, 2.75) is 0 Å². The molecule has 0 aromatic heterocycles. The van der Waals surface area contributed by atoms with Crippen LogP contribution in [0, 0.1) is 0 Å². The molecule has 6 heteroatoms. The minimum Gasteiger partial charge on any atom is -0.490 e. The van der Waals surface area contributed by atoms with Crippen LogP contribution in [0.15, 0.2) is 46.9 Å². The molecule has 2 rings (SSSR count). The van der Waals surface area contributed by atoms with E-state index in [9.17, 15) is 4.79 Å². The molecule has 2 N–H and O–H groups in total. The second-order valence-electron chi connectivity index (χ2n) is 4.14. The zero-order chi connectivity index (χ0) is 15.2. The third-order valence-corrected chi connectivity index (χ3v) is 3.48. The predicted molar refractivity (Wildman–Crippen MR) is 85.8 cm³/mol. The van der Waals surface area contributed by atoms with Crippen molar-refractivity contribution in [2.24, 2.45) is 0 Å². The molecule has 0 saturated heterocycles. The highest BCUT2D eigenvalue weighted by atomic mass is 79.9.